The third-order valence-electron chi connectivity index (χ3n) is 5.54. The topological polar surface area (TPSA) is 103 Å². The highest BCUT2D eigenvalue weighted by molar-refractivity contribution is 5.44. The van der Waals surface area contributed by atoms with Crippen LogP contribution in [0.5, 0.6) is 0 Å². The lowest BCUT2D eigenvalue weighted by atomic mass is 9.91. The van der Waals surface area contributed by atoms with Crippen LogP contribution in [-0.4, -0.2) is 40.6 Å². The van der Waals surface area contributed by atoms with Crippen LogP contribution in [0, 0.1) is 0 Å². The molecule has 28 heavy (non-hydrogen) atoms. The van der Waals surface area contributed by atoms with E-state index in [1.165, 1.54) is 19.2 Å². The summed E-state index contributed by atoms with van der Waals surface area (Å²) in [7, 11) is 0. The zero-order valence-electron chi connectivity index (χ0n) is 15.5. The van der Waals surface area contributed by atoms with Crippen LogP contribution in [-0.2, 0) is 0 Å². The second-order valence-corrected chi connectivity index (χ2v) is 7.53. The second kappa shape index (κ2) is 7.14. The SMILES string of the molecule is O=c1ccc(-n2cncn2)nn1C1CCC(Nc2nccnc2C2CC2)CC1. The van der Waals surface area contributed by atoms with Gasteiger partial charge in [0.1, 0.15) is 18.5 Å². The van der Waals surface area contributed by atoms with Crippen LogP contribution in [0.25, 0.3) is 5.82 Å². The monoisotopic (exact) mass is 378 g/mol. The maximum absolute atomic E-state index is 12.4. The summed E-state index contributed by atoms with van der Waals surface area (Å²) in [6.07, 6.45) is 12.7. The van der Waals surface area contributed by atoms with E-state index in [-0.39, 0.29) is 11.6 Å². The fourth-order valence-electron chi connectivity index (χ4n) is 3.90. The fraction of sp³-hybridized carbons (Fsp3) is 0.474. The normalized spacial score (nSPS) is 22.1. The molecule has 2 fully saturated rings. The predicted octanol–water partition coefficient (Wildman–Crippen LogP) is 2.09. The van der Waals surface area contributed by atoms with Gasteiger partial charge in [0.15, 0.2) is 5.82 Å². The van der Waals surface area contributed by atoms with Crippen LogP contribution in [0.15, 0.2) is 42.0 Å². The number of rotatable bonds is 5. The summed E-state index contributed by atoms with van der Waals surface area (Å²) in [5, 5.41) is 12.2. The van der Waals surface area contributed by atoms with Gasteiger partial charge in [-0.2, -0.15) is 5.10 Å². The van der Waals surface area contributed by atoms with Crippen molar-refractivity contribution in [1.29, 1.82) is 0 Å². The Bertz CT molecular complexity index is 1000. The maximum Gasteiger partial charge on any atom is 0.267 e. The first-order chi connectivity index (χ1) is 13.8. The first kappa shape index (κ1) is 17.0. The number of aromatic nitrogens is 7. The second-order valence-electron chi connectivity index (χ2n) is 7.53. The van der Waals surface area contributed by atoms with Crippen LogP contribution >= 0.6 is 0 Å². The average molecular weight is 378 g/mol. The van der Waals surface area contributed by atoms with Crippen molar-refractivity contribution in [3.05, 3.63) is 53.2 Å². The molecular formula is C19H22N8O. The molecule has 0 amide bonds. The highest BCUT2D eigenvalue weighted by Crippen LogP contribution is 2.42. The van der Waals surface area contributed by atoms with Gasteiger partial charge in [0.25, 0.3) is 5.56 Å². The standard InChI is InChI=1S/C19H22N8O/c28-17-8-7-16(26-12-20-11-23-26)25-27(17)15-5-3-14(4-6-15)24-19-18(13-1-2-13)21-9-10-22-19/h7-15H,1-6H2,(H,22,24). The minimum absolute atomic E-state index is 0.0785. The molecule has 3 aromatic rings. The Kier molecular flexibility index (Phi) is 4.34. The summed E-state index contributed by atoms with van der Waals surface area (Å²) in [4.78, 5) is 25.3. The van der Waals surface area contributed by atoms with E-state index in [1.54, 1.807) is 40.2 Å². The van der Waals surface area contributed by atoms with Gasteiger partial charge in [-0.05, 0) is 44.6 Å². The molecular weight excluding hydrogens is 356 g/mol. The summed E-state index contributed by atoms with van der Waals surface area (Å²) in [5.41, 5.74) is 1.02. The molecule has 9 heteroatoms. The highest BCUT2D eigenvalue weighted by Gasteiger charge is 2.30. The van der Waals surface area contributed by atoms with Gasteiger partial charge < -0.3 is 5.32 Å². The minimum atomic E-state index is -0.0785. The molecule has 0 spiro atoms. The smallest absolute Gasteiger partial charge is 0.267 e. The van der Waals surface area contributed by atoms with Gasteiger partial charge in [-0.1, -0.05) is 0 Å². The van der Waals surface area contributed by atoms with Gasteiger partial charge in [0.2, 0.25) is 0 Å². The Morgan fingerprint density at radius 3 is 2.57 bits per heavy atom. The molecule has 2 aliphatic rings. The van der Waals surface area contributed by atoms with E-state index in [9.17, 15) is 4.79 Å². The Morgan fingerprint density at radius 2 is 1.82 bits per heavy atom. The van der Waals surface area contributed by atoms with E-state index in [2.05, 4.69) is 30.5 Å². The minimum Gasteiger partial charge on any atom is -0.366 e. The number of nitrogens with zero attached hydrogens (tertiary/aromatic N) is 7. The Hall–Kier alpha value is -3.10. The molecule has 0 unspecified atom stereocenters. The maximum atomic E-state index is 12.4. The Labute approximate surface area is 161 Å². The summed E-state index contributed by atoms with van der Waals surface area (Å²) < 4.78 is 3.17. The largest absolute Gasteiger partial charge is 0.366 e. The molecule has 1 N–H and O–H groups in total. The molecule has 0 bridgehead atoms. The van der Waals surface area contributed by atoms with Gasteiger partial charge in [-0.15, -0.1) is 5.10 Å². The van der Waals surface area contributed by atoms with Crippen molar-refractivity contribution in [1.82, 2.24) is 34.5 Å². The average Bonchev–Trinajstić information content (AvgIpc) is 3.43. The van der Waals surface area contributed by atoms with Gasteiger partial charge in [0, 0.05) is 30.4 Å². The lowest BCUT2D eigenvalue weighted by Gasteiger charge is -2.30. The van der Waals surface area contributed by atoms with E-state index < -0.39 is 0 Å². The molecule has 9 nitrogen and oxygen atoms in total. The first-order valence-electron chi connectivity index (χ1n) is 9.80. The van der Waals surface area contributed by atoms with Crippen molar-refractivity contribution < 1.29 is 0 Å². The number of hydrogen-bond donors (Lipinski definition) is 1. The van der Waals surface area contributed by atoms with Crippen molar-refractivity contribution >= 4 is 5.82 Å². The van der Waals surface area contributed by atoms with E-state index in [0.29, 0.717) is 17.8 Å². The Morgan fingerprint density at radius 1 is 1.00 bits per heavy atom. The molecule has 2 saturated carbocycles. The quantitative estimate of drug-likeness (QED) is 0.725. The molecule has 2 aliphatic carbocycles. The number of hydrogen-bond acceptors (Lipinski definition) is 7. The molecule has 0 radical (unpaired) electrons. The van der Waals surface area contributed by atoms with E-state index in [1.807, 2.05) is 0 Å². The lowest BCUT2D eigenvalue weighted by molar-refractivity contribution is 0.302. The van der Waals surface area contributed by atoms with Crippen LogP contribution in [0.2, 0.25) is 0 Å². The molecule has 0 saturated heterocycles. The molecule has 5 rings (SSSR count). The highest BCUT2D eigenvalue weighted by atomic mass is 16.1. The first-order valence-corrected chi connectivity index (χ1v) is 9.80. The summed E-state index contributed by atoms with van der Waals surface area (Å²) in [6, 6.07) is 3.67. The third-order valence-corrected chi connectivity index (χ3v) is 5.54. The van der Waals surface area contributed by atoms with Crippen molar-refractivity contribution in [2.75, 3.05) is 5.32 Å². The third kappa shape index (κ3) is 3.39. The summed E-state index contributed by atoms with van der Waals surface area (Å²) >= 11 is 0. The van der Waals surface area contributed by atoms with Crippen LogP contribution in [0.4, 0.5) is 5.82 Å². The van der Waals surface area contributed by atoms with Crippen molar-refractivity contribution in [3.63, 3.8) is 0 Å². The van der Waals surface area contributed by atoms with E-state index in [4.69, 9.17) is 0 Å². The van der Waals surface area contributed by atoms with Crippen molar-refractivity contribution in [3.8, 4) is 5.82 Å². The Balaban J connectivity index is 1.28. The van der Waals surface area contributed by atoms with Crippen molar-refractivity contribution in [2.45, 2.75) is 56.5 Å². The number of anilines is 1. The molecule has 3 heterocycles. The van der Waals surface area contributed by atoms with Gasteiger partial charge in [-0.25, -0.2) is 19.3 Å². The molecule has 144 valence electrons. The summed E-state index contributed by atoms with van der Waals surface area (Å²) in [5.74, 6) is 2.10. The zero-order valence-corrected chi connectivity index (χ0v) is 15.5. The molecule has 0 aromatic carbocycles. The molecule has 0 aliphatic heterocycles. The van der Waals surface area contributed by atoms with E-state index in [0.717, 1.165) is 37.2 Å². The van der Waals surface area contributed by atoms with E-state index >= 15 is 0 Å². The number of nitrogens with one attached hydrogen (secondary N) is 1. The lowest BCUT2D eigenvalue weighted by Crippen LogP contribution is -2.34. The van der Waals surface area contributed by atoms with Crippen LogP contribution in [0.1, 0.15) is 56.2 Å². The van der Waals surface area contributed by atoms with Crippen LogP contribution in [0.3, 0.4) is 0 Å². The van der Waals surface area contributed by atoms with Crippen LogP contribution < -0.4 is 10.9 Å². The predicted molar refractivity (Wildman–Crippen MR) is 102 cm³/mol. The molecule has 3 aromatic heterocycles. The summed E-state index contributed by atoms with van der Waals surface area (Å²) in [6.45, 7) is 0. The van der Waals surface area contributed by atoms with Gasteiger partial charge in [-0.3, -0.25) is 9.78 Å². The van der Waals surface area contributed by atoms with Gasteiger partial charge >= 0.3 is 0 Å². The van der Waals surface area contributed by atoms with Gasteiger partial charge in [0.05, 0.1) is 11.7 Å². The zero-order chi connectivity index (χ0) is 18.9. The molecule has 0 atom stereocenters. The van der Waals surface area contributed by atoms with Crippen molar-refractivity contribution in [2.24, 2.45) is 0 Å². The fourth-order valence-corrected chi connectivity index (χ4v) is 3.90.